The summed E-state index contributed by atoms with van der Waals surface area (Å²) < 4.78 is 13.7. The summed E-state index contributed by atoms with van der Waals surface area (Å²) in [5.74, 6) is -0.158. The minimum absolute atomic E-state index is 0.222. The smallest absolute Gasteiger partial charge is 0.251 e. The van der Waals surface area contributed by atoms with Gasteiger partial charge in [0.15, 0.2) is 0 Å². The number of nitrogens with one attached hydrogen (secondary N) is 2. The fraction of sp³-hybridized carbons (Fsp3) is 0.462. The van der Waals surface area contributed by atoms with Gasteiger partial charge < -0.3 is 10.6 Å². The van der Waals surface area contributed by atoms with Gasteiger partial charge in [-0.25, -0.2) is 4.39 Å². The molecule has 1 aliphatic rings. The molecule has 98 valence electrons. The summed E-state index contributed by atoms with van der Waals surface area (Å²) in [6, 6.07) is 4.21. The van der Waals surface area contributed by atoms with Crippen LogP contribution in [0, 0.1) is 11.7 Å². The molecule has 1 aromatic rings. The Kier molecular flexibility index (Phi) is 4.72. The monoisotopic (exact) mass is 314 g/mol. The minimum atomic E-state index is -0.408. The SMILES string of the molecule is O=C(NCC1CCCNC1)c1cc(F)cc(Br)c1. The highest BCUT2D eigenvalue weighted by molar-refractivity contribution is 9.10. The molecule has 0 saturated carbocycles. The Balaban J connectivity index is 1.90. The van der Waals surface area contributed by atoms with Crippen molar-refractivity contribution in [3.63, 3.8) is 0 Å². The van der Waals surface area contributed by atoms with Crippen molar-refractivity contribution in [3.05, 3.63) is 34.1 Å². The second-order valence-electron chi connectivity index (χ2n) is 4.58. The van der Waals surface area contributed by atoms with E-state index in [1.54, 1.807) is 6.07 Å². The first-order valence-corrected chi connectivity index (χ1v) is 6.89. The van der Waals surface area contributed by atoms with Gasteiger partial charge >= 0.3 is 0 Å². The van der Waals surface area contributed by atoms with E-state index in [2.05, 4.69) is 26.6 Å². The average molecular weight is 315 g/mol. The molecule has 18 heavy (non-hydrogen) atoms. The van der Waals surface area contributed by atoms with Gasteiger partial charge in [-0.05, 0) is 50.0 Å². The van der Waals surface area contributed by atoms with Crippen LogP contribution in [0.1, 0.15) is 23.2 Å². The molecule has 2 rings (SSSR count). The summed E-state index contributed by atoms with van der Waals surface area (Å²) in [4.78, 5) is 11.9. The fourth-order valence-corrected chi connectivity index (χ4v) is 2.59. The first-order chi connectivity index (χ1) is 8.65. The van der Waals surface area contributed by atoms with E-state index in [9.17, 15) is 9.18 Å². The highest BCUT2D eigenvalue weighted by atomic mass is 79.9. The number of carbonyl (C=O) groups excluding carboxylic acids is 1. The van der Waals surface area contributed by atoms with E-state index < -0.39 is 5.82 Å². The molecule has 1 unspecified atom stereocenters. The second-order valence-corrected chi connectivity index (χ2v) is 5.50. The van der Waals surface area contributed by atoms with Gasteiger partial charge in [-0.15, -0.1) is 0 Å². The Bertz CT molecular complexity index is 413. The summed E-state index contributed by atoms with van der Waals surface area (Å²) in [6.45, 7) is 2.63. The summed E-state index contributed by atoms with van der Waals surface area (Å²) in [7, 11) is 0. The van der Waals surface area contributed by atoms with Gasteiger partial charge in [-0.2, -0.15) is 0 Å². The number of hydrogen-bond donors (Lipinski definition) is 2. The molecule has 1 aromatic carbocycles. The van der Waals surface area contributed by atoms with Gasteiger partial charge in [0.05, 0.1) is 0 Å². The summed E-state index contributed by atoms with van der Waals surface area (Å²) >= 11 is 3.18. The molecule has 1 aliphatic heterocycles. The molecule has 1 heterocycles. The normalized spacial score (nSPS) is 19.6. The highest BCUT2D eigenvalue weighted by Crippen LogP contribution is 2.15. The predicted octanol–water partition coefficient (Wildman–Crippen LogP) is 2.32. The molecular weight excluding hydrogens is 299 g/mol. The lowest BCUT2D eigenvalue weighted by atomic mass is 10.00. The Morgan fingerprint density at radius 3 is 3.00 bits per heavy atom. The van der Waals surface area contributed by atoms with Crippen LogP contribution in [0.2, 0.25) is 0 Å². The first-order valence-electron chi connectivity index (χ1n) is 6.10. The molecule has 1 saturated heterocycles. The van der Waals surface area contributed by atoms with E-state index in [4.69, 9.17) is 0 Å². The van der Waals surface area contributed by atoms with Crippen molar-refractivity contribution in [2.45, 2.75) is 12.8 Å². The van der Waals surface area contributed by atoms with Gasteiger partial charge in [-0.3, -0.25) is 4.79 Å². The van der Waals surface area contributed by atoms with Gasteiger partial charge in [-0.1, -0.05) is 15.9 Å². The Hall–Kier alpha value is -0.940. The number of piperidine rings is 1. The third kappa shape index (κ3) is 3.78. The first kappa shape index (κ1) is 13.5. The van der Waals surface area contributed by atoms with E-state index in [-0.39, 0.29) is 5.91 Å². The lowest BCUT2D eigenvalue weighted by Gasteiger charge is -2.22. The number of amides is 1. The Morgan fingerprint density at radius 2 is 2.33 bits per heavy atom. The molecule has 0 aliphatic carbocycles. The summed E-state index contributed by atoms with van der Waals surface area (Å²) in [6.07, 6.45) is 2.27. The molecule has 3 nitrogen and oxygen atoms in total. The van der Waals surface area contributed by atoms with Crippen LogP contribution in [0.25, 0.3) is 0 Å². The molecule has 0 spiro atoms. The highest BCUT2D eigenvalue weighted by Gasteiger charge is 2.15. The van der Waals surface area contributed by atoms with E-state index in [0.717, 1.165) is 25.9 Å². The van der Waals surface area contributed by atoms with E-state index in [0.29, 0.717) is 22.5 Å². The lowest BCUT2D eigenvalue weighted by molar-refractivity contribution is 0.0944. The molecule has 0 aromatic heterocycles. The van der Waals surface area contributed by atoms with Crippen molar-refractivity contribution in [1.29, 1.82) is 0 Å². The van der Waals surface area contributed by atoms with Crippen molar-refractivity contribution in [1.82, 2.24) is 10.6 Å². The predicted molar refractivity (Wildman–Crippen MR) is 72.0 cm³/mol. The van der Waals surface area contributed by atoms with Crippen molar-refractivity contribution in [2.24, 2.45) is 5.92 Å². The lowest BCUT2D eigenvalue weighted by Crippen LogP contribution is -2.38. The van der Waals surface area contributed by atoms with Gasteiger partial charge in [0.2, 0.25) is 0 Å². The van der Waals surface area contributed by atoms with Crippen LogP contribution < -0.4 is 10.6 Å². The van der Waals surface area contributed by atoms with Gasteiger partial charge in [0.1, 0.15) is 5.82 Å². The van der Waals surface area contributed by atoms with Crippen LogP contribution >= 0.6 is 15.9 Å². The van der Waals surface area contributed by atoms with E-state index >= 15 is 0 Å². The van der Waals surface area contributed by atoms with Crippen molar-refractivity contribution >= 4 is 21.8 Å². The quantitative estimate of drug-likeness (QED) is 0.899. The molecule has 1 amide bonds. The third-order valence-electron chi connectivity index (χ3n) is 3.07. The van der Waals surface area contributed by atoms with Crippen molar-refractivity contribution in [2.75, 3.05) is 19.6 Å². The van der Waals surface area contributed by atoms with E-state index in [1.165, 1.54) is 12.1 Å². The van der Waals surface area contributed by atoms with Crippen LogP contribution in [0.3, 0.4) is 0 Å². The molecule has 5 heteroatoms. The minimum Gasteiger partial charge on any atom is -0.352 e. The number of hydrogen-bond acceptors (Lipinski definition) is 2. The van der Waals surface area contributed by atoms with Crippen molar-refractivity contribution in [3.8, 4) is 0 Å². The maximum absolute atomic E-state index is 13.2. The zero-order valence-corrected chi connectivity index (χ0v) is 11.6. The zero-order chi connectivity index (χ0) is 13.0. The maximum Gasteiger partial charge on any atom is 0.251 e. The molecule has 2 N–H and O–H groups in total. The van der Waals surface area contributed by atoms with E-state index in [1.807, 2.05) is 0 Å². The maximum atomic E-state index is 13.2. The zero-order valence-electron chi connectivity index (χ0n) is 10.0. The molecule has 0 radical (unpaired) electrons. The second kappa shape index (κ2) is 6.29. The van der Waals surface area contributed by atoms with Crippen LogP contribution in [-0.2, 0) is 0 Å². The van der Waals surface area contributed by atoms with Crippen LogP contribution in [0.15, 0.2) is 22.7 Å². The summed E-state index contributed by atoms with van der Waals surface area (Å²) in [5.41, 5.74) is 0.352. The number of benzene rings is 1. The summed E-state index contributed by atoms with van der Waals surface area (Å²) in [5, 5.41) is 6.15. The van der Waals surface area contributed by atoms with Crippen molar-refractivity contribution < 1.29 is 9.18 Å². The average Bonchev–Trinajstić information content (AvgIpc) is 2.36. The third-order valence-corrected chi connectivity index (χ3v) is 3.53. The molecule has 1 atom stereocenters. The fourth-order valence-electron chi connectivity index (χ4n) is 2.12. The molecule has 1 fully saturated rings. The molecular formula is C13H16BrFN2O. The number of carbonyl (C=O) groups is 1. The van der Waals surface area contributed by atoms with Gasteiger partial charge in [0, 0.05) is 16.6 Å². The van der Waals surface area contributed by atoms with Crippen LogP contribution in [0.5, 0.6) is 0 Å². The topological polar surface area (TPSA) is 41.1 Å². The largest absolute Gasteiger partial charge is 0.352 e. The molecule has 0 bridgehead atoms. The Labute approximate surface area is 114 Å². The number of rotatable bonds is 3. The van der Waals surface area contributed by atoms with Gasteiger partial charge in [0.25, 0.3) is 5.91 Å². The number of halogens is 2. The van der Waals surface area contributed by atoms with Crippen LogP contribution in [0.4, 0.5) is 4.39 Å². The van der Waals surface area contributed by atoms with Crippen LogP contribution in [-0.4, -0.2) is 25.5 Å². The standard InChI is InChI=1S/C13H16BrFN2O/c14-11-4-10(5-12(15)6-11)13(18)17-8-9-2-1-3-16-7-9/h4-6,9,16H,1-3,7-8H2,(H,17,18). The Morgan fingerprint density at radius 1 is 1.50 bits per heavy atom.